The Morgan fingerprint density at radius 1 is 1.40 bits per heavy atom. The van der Waals surface area contributed by atoms with E-state index in [1.807, 2.05) is 0 Å². The van der Waals surface area contributed by atoms with Crippen molar-refractivity contribution in [2.24, 2.45) is 10.2 Å². The summed E-state index contributed by atoms with van der Waals surface area (Å²) in [6.07, 6.45) is 0. The van der Waals surface area contributed by atoms with Crippen molar-refractivity contribution in [2.45, 2.75) is 13.5 Å². The Kier molecular flexibility index (Phi) is 4.17. The van der Waals surface area contributed by atoms with E-state index < -0.39 is 6.55 Å². The van der Waals surface area contributed by atoms with Crippen molar-refractivity contribution >= 4 is 40.4 Å². The second-order valence-electron chi connectivity index (χ2n) is 3.88. The fourth-order valence-corrected chi connectivity index (χ4v) is 2.21. The fourth-order valence-electron chi connectivity index (χ4n) is 1.69. The summed E-state index contributed by atoms with van der Waals surface area (Å²) in [6.45, 7) is -1.35. The van der Waals surface area contributed by atoms with Crippen LogP contribution < -0.4 is 5.01 Å². The minimum atomic E-state index is -2.66. The number of alkyl halides is 2. The van der Waals surface area contributed by atoms with E-state index in [9.17, 15) is 8.78 Å². The fraction of sp³-hybridized carbons (Fsp3) is 0.300. The minimum absolute atomic E-state index is 0.150. The average molecular weight is 321 g/mol. The summed E-state index contributed by atoms with van der Waals surface area (Å²) < 4.78 is 25.5. The van der Waals surface area contributed by atoms with Crippen LogP contribution in [-0.2, 0) is 0 Å². The number of hydrogen-bond donors (Lipinski definition) is 0. The predicted octanol–water partition coefficient (Wildman–Crippen LogP) is 4.57. The van der Waals surface area contributed by atoms with Gasteiger partial charge >= 0.3 is 6.55 Å². The van der Waals surface area contributed by atoms with Crippen LogP contribution in [0.4, 0.5) is 20.2 Å². The molecule has 1 aliphatic rings. The van der Waals surface area contributed by atoms with Gasteiger partial charge in [0.05, 0.1) is 21.4 Å². The maximum Gasteiger partial charge on any atom is 0.317 e. The van der Waals surface area contributed by atoms with Crippen LogP contribution >= 0.6 is 23.2 Å². The first-order valence-electron chi connectivity index (χ1n) is 5.35. The van der Waals surface area contributed by atoms with Gasteiger partial charge in [-0.15, -0.1) is 0 Å². The molecule has 0 bridgehead atoms. The Balaban J connectivity index is 2.40. The summed E-state index contributed by atoms with van der Waals surface area (Å²) in [5, 5.41) is 9.07. The summed E-state index contributed by atoms with van der Waals surface area (Å²) in [4.78, 5) is 3.44. The van der Waals surface area contributed by atoms with Gasteiger partial charge in [0, 0.05) is 4.91 Å². The monoisotopic (exact) mass is 320 g/mol. The van der Waals surface area contributed by atoms with Crippen LogP contribution in [0.25, 0.3) is 10.4 Å². The molecule has 2 rings (SSSR count). The summed E-state index contributed by atoms with van der Waals surface area (Å²) in [5.74, 6) is 0.163. The summed E-state index contributed by atoms with van der Waals surface area (Å²) in [6, 6.07) is 2.77. The highest BCUT2D eigenvalue weighted by molar-refractivity contribution is 6.37. The van der Waals surface area contributed by atoms with Crippen LogP contribution in [0, 0.1) is 0 Å². The first-order chi connectivity index (χ1) is 9.43. The normalized spacial score (nSPS) is 14.6. The molecule has 1 aromatic rings. The summed E-state index contributed by atoms with van der Waals surface area (Å²) in [7, 11) is 0. The number of halogens is 4. The van der Waals surface area contributed by atoms with E-state index in [1.165, 1.54) is 24.1 Å². The standard InChI is InChI=1S/C10H8Cl2F2N6/c1-5-17-20(4-19(5)10(13)14)9-3-8(16-18-15)6(11)2-7(9)12/h2-3,10H,4H2,1H3. The van der Waals surface area contributed by atoms with Crippen molar-refractivity contribution in [1.82, 2.24) is 4.90 Å². The van der Waals surface area contributed by atoms with Gasteiger partial charge in [0.2, 0.25) is 0 Å². The molecular formula is C10H8Cl2F2N6. The second kappa shape index (κ2) is 5.70. The van der Waals surface area contributed by atoms with E-state index in [0.717, 1.165) is 4.90 Å². The molecule has 0 amide bonds. The average Bonchev–Trinajstić information content (AvgIpc) is 2.75. The van der Waals surface area contributed by atoms with Gasteiger partial charge in [-0.25, -0.2) is 5.01 Å². The maximum atomic E-state index is 12.7. The lowest BCUT2D eigenvalue weighted by molar-refractivity contribution is 0.0268. The zero-order chi connectivity index (χ0) is 14.9. The molecule has 0 aliphatic carbocycles. The Morgan fingerprint density at radius 2 is 2.10 bits per heavy atom. The van der Waals surface area contributed by atoms with Gasteiger partial charge in [0.25, 0.3) is 0 Å². The smallest absolute Gasteiger partial charge is 0.283 e. The van der Waals surface area contributed by atoms with Gasteiger partial charge in [-0.2, -0.15) is 13.9 Å². The third-order valence-electron chi connectivity index (χ3n) is 2.65. The molecule has 0 saturated carbocycles. The first kappa shape index (κ1) is 14.6. The molecule has 0 aromatic heterocycles. The molecule has 0 atom stereocenters. The van der Waals surface area contributed by atoms with Gasteiger partial charge in [0.15, 0.2) is 0 Å². The molecule has 0 N–H and O–H groups in total. The lowest BCUT2D eigenvalue weighted by Gasteiger charge is -2.20. The Labute approximate surface area is 122 Å². The van der Waals surface area contributed by atoms with Crippen LogP contribution in [-0.4, -0.2) is 24.0 Å². The topological polar surface area (TPSA) is 67.6 Å². The van der Waals surface area contributed by atoms with Crippen LogP contribution in [0.1, 0.15) is 6.92 Å². The van der Waals surface area contributed by atoms with Gasteiger partial charge in [0.1, 0.15) is 12.5 Å². The van der Waals surface area contributed by atoms with E-state index in [-0.39, 0.29) is 28.2 Å². The molecule has 1 aromatic carbocycles. The molecule has 106 valence electrons. The molecular weight excluding hydrogens is 313 g/mol. The molecule has 0 saturated heterocycles. The number of rotatable bonds is 3. The highest BCUT2D eigenvalue weighted by Crippen LogP contribution is 2.37. The molecule has 0 fully saturated rings. The van der Waals surface area contributed by atoms with Crippen LogP contribution in [0.3, 0.4) is 0 Å². The van der Waals surface area contributed by atoms with Crippen LogP contribution in [0.15, 0.2) is 22.3 Å². The third-order valence-corrected chi connectivity index (χ3v) is 3.26. The molecule has 0 spiro atoms. The number of anilines is 1. The maximum absolute atomic E-state index is 12.7. The number of azide groups is 1. The van der Waals surface area contributed by atoms with Crippen molar-refractivity contribution in [3.05, 3.63) is 32.6 Å². The summed E-state index contributed by atoms with van der Waals surface area (Å²) in [5.41, 5.74) is 8.93. The highest BCUT2D eigenvalue weighted by atomic mass is 35.5. The molecule has 6 nitrogen and oxygen atoms in total. The van der Waals surface area contributed by atoms with Gasteiger partial charge in [-0.1, -0.05) is 28.3 Å². The second-order valence-corrected chi connectivity index (χ2v) is 4.69. The van der Waals surface area contributed by atoms with E-state index in [1.54, 1.807) is 0 Å². The summed E-state index contributed by atoms with van der Waals surface area (Å²) >= 11 is 11.9. The Hall–Kier alpha value is -1.76. The van der Waals surface area contributed by atoms with Crippen molar-refractivity contribution in [2.75, 3.05) is 11.7 Å². The molecule has 1 aliphatic heterocycles. The van der Waals surface area contributed by atoms with E-state index in [2.05, 4.69) is 15.1 Å². The zero-order valence-electron chi connectivity index (χ0n) is 10.1. The van der Waals surface area contributed by atoms with Crippen molar-refractivity contribution in [3.63, 3.8) is 0 Å². The van der Waals surface area contributed by atoms with Gasteiger partial charge in [-0.3, -0.25) is 4.90 Å². The zero-order valence-corrected chi connectivity index (χ0v) is 11.6. The number of benzene rings is 1. The predicted molar refractivity (Wildman–Crippen MR) is 73.6 cm³/mol. The lowest BCUT2D eigenvalue weighted by atomic mass is 10.2. The molecule has 1 heterocycles. The first-order valence-corrected chi connectivity index (χ1v) is 6.11. The molecule has 10 heteroatoms. The van der Waals surface area contributed by atoms with Crippen molar-refractivity contribution in [3.8, 4) is 0 Å². The minimum Gasteiger partial charge on any atom is -0.283 e. The van der Waals surface area contributed by atoms with Crippen molar-refractivity contribution < 1.29 is 8.78 Å². The van der Waals surface area contributed by atoms with E-state index in [0.29, 0.717) is 5.69 Å². The molecule has 0 unspecified atom stereocenters. The molecule has 20 heavy (non-hydrogen) atoms. The van der Waals surface area contributed by atoms with Gasteiger partial charge in [-0.05, 0) is 24.6 Å². The Bertz CT molecular complexity index is 614. The molecule has 0 radical (unpaired) electrons. The number of amidine groups is 1. The third kappa shape index (κ3) is 2.72. The van der Waals surface area contributed by atoms with E-state index in [4.69, 9.17) is 28.7 Å². The number of hydrogen-bond acceptors (Lipinski definition) is 4. The highest BCUT2D eigenvalue weighted by Gasteiger charge is 2.28. The Morgan fingerprint density at radius 3 is 2.65 bits per heavy atom. The van der Waals surface area contributed by atoms with Crippen LogP contribution in [0.5, 0.6) is 0 Å². The van der Waals surface area contributed by atoms with Crippen LogP contribution in [0.2, 0.25) is 10.0 Å². The quantitative estimate of drug-likeness (QED) is 0.354. The van der Waals surface area contributed by atoms with Gasteiger partial charge < -0.3 is 0 Å². The number of nitrogens with zero attached hydrogens (tertiary/aromatic N) is 6. The largest absolute Gasteiger partial charge is 0.317 e. The van der Waals surface area contributed by atoms with E-state index >= 15 is 0 Å². The number of hydrazone groups is 1. The lowest BCUT2D eigenvalue weighted by Crippen LogP contribution is -2.34. The SMILES string of the molecule is CC1=NN(c2cc(N=[N+]=[N-])c(Cl)cc2Cl)CN1C(F)F. The van der Waals surface area contributed by atoms with Crippen molar-refractivity contribution in [1.29, 1.82) is 0 Å².